The first-order valence-electron chi connectivity index (χ1n) is 12.3. The zero-order valence-corrected chi connectivity index (χ0v) is 20.1. The van der Waals surface area contributed by atoms with Gasteiger partial charge >= 0.3 is 0 Å². The zero-order valence-electron chi connectivity index (χ0n) is 20.1. The van der Waals surface area contributed by atoms with Crippen molar-refractivity contribution in [2.75, 3.05) is 9.80 Å². The summed E-state index contributed by atoms with van der Waals surface area (Å²) in [5, 5.41) is 7.04. The van der Waals surface area contributed by atoms with Crippen LogP contribution in [0.25, 0.3) is 32.3 Å². The van der Waals surface area contributed by atoms with Gasteiger partial charge in [0.2, 0.25) is 0 Å². The average Bonchev–Trinajstić information content (AvgIpc) is 3.78. The number of benzene rings is 4. The molecule has 38 heavy (non-hydrogen) atoms. The summed E-state index contributed by atoms with van der Waals surface area (Å²) in [6.07, 6.45) is 13.7. The summed E-state index contributed by atoms with van der Waals surface area (Å²) >= 11 is 0. The number of nitrogens with zero attached hydrogens (tertiary/aromatic N) is 2. The largest absolute Gasteiger partial charge is 0.470 e. The van der Waals surface area contributed by atoms with Crippen LogP contribution in [0, 0.1) is 0 Å². The number of hydrogen-bond donors (Lipinski definition) is 0. The highest BCUT2D eigenvalue weighted by molar-refractivity contribution is 6.28. The zero-order chi connectivity index (χ0) is 25.1. The Morgan fingerprint density at radius 1 is 0.368 bits per heavy atom. The molecule has 182 valence electrons. The van der Waals surface area contributed by atoms with Crippen LogP contribution in [0.3, 0.4) is 0 Å². The minimum Gasteiger partial charge on any atom is -0.470 e. The van der Waals surface area contributed by atoms with E-state index in [9.17, 15) is 0 Å². The normalized spacial score (nSPS) is 11.7. The van der Waals surface area contributed by atoms with Gasteiger partial charge in [-0.05, 0) is 33.7 Å². The van der Waals surface area contributed by atoms with Crippen molar-refractivity contribution < 1.29 is 17.7 Å². The van der Waals surface area contributed by atoms with Gasteiger partial charge in [-0.25, -0.2) is 0 Å². The predicted octanol–water partition coefficient (Wildman–Crippen LogP) is 9.90. The SMILES string of the molecule is c1cc(N(c2ccoc2)c2ccc3ccc4c(N(c5ccoc5)c5ccoc5)ccc5ccc2c3c54)co1. The van der Waals surface area contributed by atoms with Gasteiger partial charge in [0.25, 0.3) is 0 Å². The highest BCUT2D eigenvalue weighted by atomic mass is 16.3. The summed E-state index contributed by atoms with van der Waals surface area (Å²) in [5.74, 6) is 0. The molecule has 0 saturated carbocycles. The summed E-state index contributed by atoms with van der Waals surface area (Å²) in [7, 11) is 0. The van der Waals surface area contributed by atoms with Gasteiger partial charge in [0.1, 0.15) is 25.1 Å². The molecule has 4 aromatic carbocycles. The van der Waals surface area contributed by atoms with Gasteiger partial charge in [-0.2, -0.15) is 0 Å². The third-order valence-electron chi connectivity index (χ3n) is 7.16. The summed E-state index contributed by atoms with van der Waals surface area (Å²) in [5.41, 5.74) is 5.78. The molecule has 0 bridgehead atoms. The van der Waals surface area contributed by atoms with Crippen molar-refractivity contribution in [1.82, 2.24) is 0 Å². The first-order chi connectivity index (χ1) is 18.9. The molecule has 0 N–H and O–H groups in total. The molecule has 0 unspecified atom stereocenters. The van der Waals surface area contributed by atoms with Crippen molar-refractivity contribution in [3.05, 3.63) is 123 Å². The van der Waals surface area contributed by atoms with Gasteiger partial charge < -0.3 is 27.5 Å². The second kappa shape index (κ2) is 8.08. The fourth-order valence-corrected chi connectivity index (χ4v) is 5.55. The van der Waals surface area contributed by atoms with E-state index in [4.69, 9.17) is 17.7 Å². The standard InChI is InChI=1S/C32H20N2O4/c1-5-27-29(33(23-9-13-35-17-23)24-10-14-36-18-24)8-4-22-2-6-28-30(7-3-21(1)31(28)32(22)27)34(25-11-15-37-19-25)26-12-16-38-20-26/h1-20H. The number of rotatable bonds is 6. The van der Waals surface area contributed by atoms with Gasteiger partial charge in [0.15, 0.2) is 0 Å². The molecule has 8 rings (SSSR count). The Hall–Kier alpha value is -5.36. The number of anilines is 6. The van der Waals surface area contributed by atoms with Crippen LogP contribution in [0.5, 0.6) is 0 Å². The third kappa shape index (κ3) is 3.01. The Bertz CT molecular complexity index is 1750. The maximum atomic E-state index is 5.46. The van der Waals surface area contributed by atoms with Crippen LogP contribution in [-0.4, -0.2) is 0 Å². The van der Waals surface area contributed by atoms with Crippen LogP contribution in [0.15, 0.2) is 141 Å². The topological polar surface area (TPSA) is 59.0 Å². The first kappa shape index (κ1) is 20.8. The Morgan fingerprint density at radius 2 is 0.711 bits per heavy atom. The molecule has 0 aliphatic carbocycles. The minimum atomic E-state index is 0.924. The molecule has 0 fully saturated rings. The van der Waals surface area contributed by atoms with E-state index in [0.717, 1.165) is 44.9 Å². The third-order valence-corrected chi connectivity index (χ3v) is 7.16. The fourth-order valence-electron chi connectivity index (χ4n) is 5.55. The van der Waals surface area contributed by atoms with Crippen molar-refractivity contribution in [3.8, 4) is 0 Å². The fraction of sp³-hybridized carbons (Fsp3) is 0. The van der Waals surface area contributed by atoms with E-state index in [2.05, 4.69) is 58.3 Å². The Balaban J connectivity index is 1.43. The molecule has 0 saturated heterocycles. The number of furan rings is 4. The Labute approximate surface area is 216 Å². The predicted molar refractivity (Wildman–Crippen MR) is 149 cm³/mol. The van der Waals surface area contributed by atoms with Crippen molar-refractivity contribution in [1.29, 1.82) is 0 Å². The van der Waals surface area contributed by atoms with Gasteiger partial charge in [-0.1, -0.05) is 36.4 Å². The highest BCUT2D eigenvalue weighted by Gasteiger charge is 2.22. The molecule has 0 radical (unpaired) electrons. The Morgan fingerprint density at radius 3 is 1.03 bits per heavy atom. The van der Waals surface area contributed by atoms with Crippen LogP contribution in [0.2, 0.25) is 0 Å². The molecule has 0 aliphatic heterocycles. The monoisotopic (exact) mass is 496 g/mol. The molecule has 0 aliphatic rings. The van der Waals surface area contributed by atoms with E-state index in [-0.39, 0.29) is 0 Å². The number of hydrogen-bond acceptors (Lipinski definition) is 6. The molecular weight excluding hydrogens is 476 g/mol. The van der Waals surface area contributed by atoms with Crippen LogP contribution >= 0.6 is 0 Å². The Kier molecular flexibility index (Phi) is 4.42. The summed E-state index contributed by atoms with van der Waals surface area (Å²) in [4.78, 5) is 4.31. The van der Waals surface area contributed by atoms with Crippen molar-refractivity contribution in [2.24, 2.45) is 0 Å². The lowest BCUT2D eigenvalue weighted by molar-refractivity contribution is 0.565. The maximum Gasteiger partial charge on any atom is 0.114 e. The quantitative estimate of drug-likeness (QED) is 0.214. The molecule has 0 spiro atoms. The highest BCUT2D eigenvalue weighted by Crippen LogP contribution is 2.47. The molecule has 8 aromatic rings. The van der Waals surface area contributed by atoms with E-state index in [0.29, 0.717) is 0 Å². The lowest BCUT2D eigenvalue weighted by atomic mass is 9.92. The van der Waals surface area contributed by atoms with Gasteiger partial charge in [0.05, 0.1) is 59.2 Å². The van der Waals surface area contributed by atoms with Crippen LogP contribution < -0.4 is 9.80 Å². The van der Waals surface area contributed by atoms with Crippen molar-refractivity contribution in [2.45, 2.75) is 0 Å². The molecule has 6 nitrogen and oxygen atoms in total. The van der Waals surface area contributed by atoms with E-state index in [1.54, 1.807) is 50.1 Å². The van der Waals surface area contributed by atoms with Crippen molar-refractivity contribution in [3.63, 3.8) is 0 Å². The van der Waals surface area contributed by atoms with Gasteiger partial charge in [0, 0.05) is 35.0 Å². The average molecular weight is 497 g/mol. The molecular formula is C32H20N2O4. The van der Waals surface area contributed by atoms with Crippen LogP contribution in [0.1, 0.15) is 0 Å². The molecule has 4 heterocycles. The smallest absolute Gasteiger partial charge is 0.114 e. The second-order valence-electron chi connectivity index (χ2n) is 9.19. The van der Waals surface area contributed by atoms with Gasteiger partial charge in [-0.15, -0.1) is 0 Å². The van der Waals surface area contributed by atoms with E-state index in [1.807, 2.05) is 24.3 Å². The lowest BCUT2D eigenvalue weighted by Gasteiger charge is -2.26. The van der Waals surface area contributed by atoms with Gasteiger partial charge in [-0.3, -0.25) is 0 Å². The first-order valence-corrected chi connectivity index (χ1v) is 12.3. The summed E-state index contributed by atoms with van der Waals surface area (Å²) in [6, 6.07) is 25.3. The minimum absolute atomic E-state index is 0.924. The molecule has 4 aromatic heterocycles. The summed E-state index contributed by atoms with van der Waals surface area (Å²) < 4.78 is 21.8. The summed E-state index contributed by atoms with van der Waals surface area (Å²) in [6.45, 7) is 0. The molecule has 6 heteroatoms. The maximum absolute atomic E-state index is 5.46. The second-order valence-corrected chi connectivity index (χ2v) is 9.19. The van der Waals surface area contributed by atoms with E-state index >= 15 is 0 Å². The lowest BCUT2D eigenvalue weighted by Crippen LogP contribution is -2.10. The van der Waals surface area contributed by atoms with Crippen LogP contribution in [-0.2, 0) is 0 Å². The molecule has 0 atom stereocenters. The van der Waals surface area contributed by atoms with Crippen molar-refractivity contribution >= 4 is 66.4 Å². The van der Waals surface area contributed by atoms with Crippen LogP contribution in [0.4, 0.5) is 34.1 Å². The van der Waals surface area contributed by atoms with E-state index < -0.39 is 0 Å². The molecule has 0 amide bonds. The van der Waals surface area contributed by atoms with E-state index in [1.165, 1.54) is 21.5 Å².